The lowest BCUT2D eigenvalue weighted by Gasteiger charge is -2.19. The number of carboxylic acid groups (broad SMARTS) is 1. The highest BCUT2D eigenvalue weighted by atomic mass is 127. The van der Waals surface area contributed by atoms with Crippen LogP contribution in [0.3, 0.4) is 0 Å². The Bertz CT molecular complexity index is 755. The molecule has 1 aromatic carbocycles. The first kappa shape index (κ1) is 25.3. The maximum Gasteiger partial charge on any atom is 0.340 e. The highest BCUT2D eigenvalue weighted by Crippen LogP contribution is 2.39. The molecule has 0 aliphatic carbocycles. The van der Waals surface area contributed by atoms with Crippen molar-refractivity contribution in [3.8, 4) is 0 Å². The Hall–Kier alpha value is -0.710. The molecule has 0 radical (unpaired) electrons. The average Bonchev–Trinajstić information content (AvgIpc) is 2.58. The number of carbonyl (C=O) groups is 4. The quantitative estimate of drug-likeness (QED) is 0.199. The first-order valence-electron chi connectivity index (χ1n) is 8.20. The summed E-state index contributed by atoms with van der Waals surface area (Å²) in [6.07, 6.45) is 1.79. The molecule has 0 saturated carbocycles. The van der Waals surface area contributed by atoms with Crippen LogP contribution in [0.1, 0.15) is 49.9 Å². The molecule has 0 atom stereocenters. The van der Waals surface area contributed by atoms with Crippen LogP contribution in [-0.2, 0) is 19.1 Å². The number of anilines is 2. The largest absolute Gasteiger partial charge is 0.481 e. The fraction of sp³-hybridized carbons (Fsp3) is 0.412. The molecule has 0 aliphatic rings. The molecule has 0 unspecified atom stereocenters. The lowest BCUT2D eigenvalue weighted by molar-refractivity contribution is -0.137. The van der Waals surface area contributed by atoms with E-state index in [0.717, 1.165) is 0 Å². The predicted molar refractivity (Wildman–Crippen MR) is 130 cm³/mol. The van der Waals surface area contributed by atoms with Gasteiger partial charge >= 0.3 is 11.9 Å². The Morgan fingerprint density at radius 3 is 1.79 bits per heavy atom. The molecule has 0 aliphatic heterocycles. The van der Waals surface area contributed by atoms with Crippen LogP contribution in [0, 0.1) is 10.7 Å². The van der Waals surface area contributed by atoms with Gasteiger partial charge in [-0.25, -0.2) is 4.79 Å². The summed E-state index contributed by atoms with van der Waals surface area (Å²) in [7, 11) is 0. The van der Waals surface area contributed by atoms with E-state index in [1.54, 1.807) is 0 Å². The summed E-state index contributed by atoms with van der Waals surface area (Å²) >= 11 is 5.95. The minimum atomic E-state index is -0.851. The maximum atomic E-state index is 12.7. The number of ether oxygens (including phenoxy) is 1. The van der Waals surface area contributed by atoms with Gasteiger partial charge in [-0.05, 0) is 87.0 Å². The second-order valence-corrected chi connectivity index (χ2v) is 9.01. The lowest BCUT2D eigenvalue weighted by Crippen LogP contribution is -2.19. The number of unbranched alkanes of at least 4 members (excludes halogenated alkanes) is 2. The van der Waals surface area contributed by atoms with Crippen molar-refractivity contribution in [2.75, 3.05) is 17.2 Å². The van der Waals surface area contributed by atoms with Crippen LogP contribution >= 0.6 is 67.8 Å². The van der Waals surface area contributed by atoms with Gasteiger partial charge < -0.3 is 20.5 Å². The molecular weight excluding hydrogens is 709 g/mol. The number of hydrogen-bond acceptors (Lipinski definition) is 5. The molecule has 154 valence electrons. The van der Waals surface area contributed by atoms with Crippen molar-refractivity contribution in [2.24, 2.45) is 0 Å². The van der Waals surface area contributed by atoms with Crippen molar-refractivity contribution in [1.29, 1.82) is 0 Å². The summed E-state index contributed by atoms with van der Waals surface area (Å²) in [5, 5.41) is 14.0. The molecule has 0 aromatic heterocycles. The van der Waals surface area contributed by atoms with Gasteiger partial charge in [0.25, 0.3) is 0 Å². The Morgan fingerprint density at radius 1 is 0.857 bits per heavy atom. The van der Waals surface area contributed by atoms with E-state index in [-0.39, 0.29) is 30.4 Å². The SMILES string of the molecule is CC(=O)Nc1c(I)c(NC(C)=O)c(I)c(C(=O)OCCCCCC(=O)O)c1I. The number of rotatable bonds is 9. The van der Waals surface area contributed by atoms with Crippen molar-refractivity contribution in [3.63, 3.8) is 0 Å². The fourth-order valence-electron chi connectivity index (χ4n) is 2.21. The Morgan fingerprint density at radius 2 is 1.36 bits per heavy atom. The van der Waals surface area contributed by atoms with E-state index in [9.17, 15) is 19.2 Å². The van der Waals surface area contributed by atoms with Crippen LogP contribution in [0.4, 0.5) is 11.4 Å². The standard InChI is InChI=1S/C17H19I3N2O6/c1-8(23)21-15-12(18)11(13(19)16(14(15)20)22-9(2)24)17(27)28-7-5-3-4-6-10(25)26/h3-7H2,1-2H3,(H,21,23)(H,22,24)(H,25,26). The van der Waals surface area contributed by atoms with Gasteiger partial charge in [0.05, 0.1) is 34.3 Å². The van der Waals surface area contributed by atoms with E-state index in [0.29, 0.717) is 41.3 Å². The van der Waals surface area contributed by atoms with Crippen LogP contribution < -0.4 is 10.6 Å². The van der Waals surface area contributed by atoms with Gasteiger partial charge in [-0.3, -0.25) is 14.4 Å². The summed E-state index contributed by atoms with van der Waals surface area (Å²) in [4.78, 5) is 46.3. The molecule has 1 aromatic rings. The number of carboxylic acids is 1. The number of esters is 1. The summed E-state index contributed by atoms with van der Waals surface area (Å²) in [6, 6.07) is 0. The minimum absolute atomic E-state index is 0.0843. The van der Waals surface area contributed by atoms with E-state index in [4.69, 9.17) is 9.84 Å². The maximum absolute atomic E-state index is 12.7. The Balaban J connectivity index is 3.08. The summed E-state index contributed by atoms with van der Waals surface area (Å²) in [5.74, 6) is -2.02. The zero-order valence-electron chi connectivity index (χ0n) is 15.2. The van der Waals surface area contributed by atoms with Crippen molar-refractivity contribution >= 4 is 103 Å². The Labute approximate surface area is 203 Å². The first-order chi connectivity index (χ1) is 13.1. The lowest BCUT2D eigenvalue weighted by atomic mass is 10.1. The van der Waals surface area contributed by atoms with Crippen LogP contribution in [-0.4, -0.2) is 35.5 Å². The topological polar surface area (TPSA) is 122 Å². The molecule has 0 heterocycles. The number of halogens is 3. The third-order valence-corrected chi connectivity index (χ3v) is 6.63. The van der Waals surface area contributed by atoms with Crippen LogP contribution in [0.15, 0.2) is 0 Å². The van der Waals surface area contributed by atoms with Gasteiger partial charge in [0, 0.05) is 20.3 Å². The molecular formula is C17H19I3N2O6. The molecule has 8 nitrogen and oxygen atoms in total. The van der Waals surface area contributed by atoms with Crippen molar-refractivity contribution in [1.82, 2.24) is 0 Å². The average molecular weight is 728 g/mol. The molecule has 0 saturated heterocycles. The van der Waals surface area contributed by atoms with Crippen molar-refractivity contribution in [2.45, 2.75) is 39.5 Å². The molecule has 3 N–H and O–H groups in total. The summed E-state index contributed by atoms with van der Waals surface area (Å²) in [6.45, 7) is 2.87. The highest BCUT2D eigenvalue weighted by Gasteiger charge is 2.26. The van der Waals surface area contributed by atoms with Gasteiger partial charge in [0.15, 0.2) is 0 Å². The number of carbonyl (C=O) groups excluding carboxylic acids is 3. The number of nitrogens with one attached hydrogen (secondary N) is 2. The number of hydrogen-bond donors (Lipinski definition) is 3. The van der Waals surface area contributed by atoms with Crippen molar-refractivity contribution < 1.29 is 29.0 Å². The van der Waals surface area contributed by atoms with Gasteiger partial charge in [0.2, 0.25) is 11.8 Å². The number of benzene rings is 1. The monoisotopic (exact) mass is 728 g/mol. The molecule has 1 rings (SSSR count). The van der Waals surface area contributed by atoms with Gasteiger partial charge in [-0.15, -0.1) is 0 Å². The zero-order valence-corrected chi connectivity index (χ0v) is 21.6. The third-order valence-electron chi connectivity index (χ3n) is 3.39. The van der Waals surface area contributed by atoms with E-state index in [1.807, 2.05) is 67.8 Å². The summed E-state index contributed by atoms with van der Waals surface area (Å²) < 4.78 is 6.99. The van der Waals surface area contributed by atoms with E-state index in [2.05, 4.69) is 10.6 Å². The molecule has 0 spiro atoms. The Kier molecular flexibility index (Phi) is 10.9. The second kappa shape index (κ2) is 12.1. The van der Waals surface area contributed by atoms with E-state index >= 15 is 0 Å². The van der Waals surface area contributed by atoms with E-state index in [1.165, 1.54) is 13.8 Å². The van der Waals surface area contributed by atoms with Gasteiger partial charge in [0.1, 0.15) is 0 Å². The smallest absolute Gasteiger partial charge is 0.340 e. The molecule has 11 heteroatoms. The first-order valence-corrected chi connectivity index (χ1v) is 11.4. The van der Waals surface area contributed by atoms with Crippen LogP contribution in [0.2, 0.25) is 0 Å². The van der Waals surface area contributed by atoms with Crippen LogP contribution in [0.25, 0.3) is 0 Å². The van der Waals surface area contributed by atoms with Crippen molar-refractivity contribution in [3.05, 3.63) is 16.3 Å². The van der Waals surface area contributed by atoms with E-state index < -0.39 is 11.9 Å². The highest BCUT2D eigenvalue weighted by molar-refractivity contribution is 14.1. The summed E-state index contributed by atoms with van der Waals surface area (Å²) in [5.41, 5.74) is 1.14. The second-order valence-electron chi connectivity index (χ2n) is 5.77. The fourth-order valence-corrected chi connectivity index (χ4v) is 6.35. The molecule has 0 fully saturated rings. The van der Waals surface area contributed by atoms with Crippen LogP contribution in [0.5, 0.6) is 0 Å². The van der Waals surface area contributed by atoms with Gasteiger partial charge in [-0.1, -0.05) is 0 Å². The molecule has 2 amide bonds. The van der Waals surface area contributed by atoms with Gasteiger partial charge in [-0.2, -0.15) is 0 Å². The minimum Gasteiger partial charge on any atom is -0.481 e. The molecule has 0 bridgehead atoms. The molecule has 28 heavy (non-hydrogen) atoms. The number of aliphatic carboxylic acids is 1. The predicted octanol–water partition coefficient (Wildman–Crippen LogP) is 4.22. The zero-order chi connectivity index (χ0) is 21.4. The number of amides is 2. The third kappa shape index (κ3) is 7.61. The normalized spacial score (nSPS) is 10.3.